The van der Waals surface area contributed by atoms with Crippen molar-refractivity contribution in [1.29, 1.82) is 0 Å². The Hall–Kier alpha value is -1.40. The number of hydrogen-bond acceptors (Lipinski definition) is 4. The summed E-state index contributed by atoms with van der Waals surface area (Å²) in [5, 5.41) is 13.7. The first-order valence-corrected chi connectivity index (χ1v) is 6.90. The fraction of sp³-hybridized carbons (Fsp3) is 0.538. The zero-order valence-corrected chi connectivity index (χ0v) is 12.5. The maximum atomic E-state index is 12.2. The van der Waals surface area contributed by atoms with Gasteiger partial charge in [-0.25, -0.2) is 0 Å². The quantitative estimate of drug-likeness (QED) is 0.850. The van der Waals surface area contributed by atoms with Crippen LogP contribution in [-0.4, -0.2) is 47.1 Å². The number of hydrogen-bond donors (Lipinski definition) is 2. The van der Waals surface area contributed by atoms with Crippen molar-refractivity contribution in [2.75, 3.05) is 13.7 Å². The minimum absolute atomic E-state index is 0.138. The number of carbonyl (C=O) groups excluding carboxylic acids is 2. The molecule has 0 spiro atoms. The van der Waals surface area contributed by atoms with Crippen molar-refractivity contribution in [1.82, 2.24) is 10.2 Å². The molecular formula is C13H20N2O3S. The molecule has 2 N–H and O–H groups in total. The number of amides is 2. The second kappa shape index (κ2) is 6.16. The van der Waals surface area contributed by atoms with Crippen LogP contribution in [0.3, 0.4) is 0 Å². The van der Waals surface area contributed by atoms with Gasteiger partial charge in [0.05, 0.1) is 17.0 Å². The summed E-state index contributed by atoms with van der Waals surface area (Å²) in [4.78, 5) is 26.0. The van der Waals surface area contributed by atoms with E-state index < -0.39 is 11.6 Å². The molecule has 0 saturated heterocycles. The zero-order chi connectivity index (χ0) is 14.6. The van der Waals surface area contributed by atoms with Gasteiger partial charge in [-0.05, 0) is 32.2 Å². The Bertz CT molecular complexity index is 443. The lowest BCUT2D eigenvalue weighted by molar-refractivity contribution is -0.137. The molecule has 2 amide bonds. The van der Waals surface area contributed by atoms with Crippen molar-refractivity contribution in [2.45, 2.75) is 32.4 Å². The minimum atomic E-state index is -0.654. The second-order valence-corrected chi connectivity index (χ2v) is 5.99. The van der Waals surface area contributed by atoms with Gasteiger partial charge in [-0.1, -0.05) is 6.07 Å². The van der Waals surface area contributed by atoms with E-state index in [0.29, 0.717) is 4.88 Å². The van der Waals surface area contributed by atoms with Crippen LogP contribution in [0.1, 0.15) is 30.4 Å². The van der Waals surface area contributed by atoms with E-state index in [1.807, 2.05) is 5.38 Å². The standard InChI is InChI=1S/C13H20N2O3S/c1-9(12(18)15(4)13(2,3)8-16)14-11(17)10-6-5-7-19-10/h5-7,9,16H,8H2,1-4H3,(H,14,17). The number of nitrogens with zero attached hydrogens (tertiary/aromatic N) is 1. The van der Waals surface area contributed by atoms with Crippen LogP contribution in [0.5, 0.6) is 0 Å². The molecule has 6 heteroatoms. The topological polar surface area (TPSA) is 69.6 Å². The molecule has 1 aromatic heterocycles. The highest BCUT2D eigenvalue weighted by Gasteiger charge is 2.30. The first kappa shape index (κ1) is 15.7. The average molecular weight is 284 g/mol. The van der Waals surface area contributed by atoms with Crippen LogP contribution in [0.15, 0.2) is 17.5 Å². The van der Waals surface area contributed by atoms with Crippen LogP contribution in [0, 0.1) is 0 Å². The molecular weight excluding hydrogens is 264 g/mol. The Labute approximate surface area is 117 Å². The number of aliphatic hydroxyl groups is 1. The normalized spacial score (nSPS) is 12.9. The molecule has 0 aliphatic heterocycles. The van der Waals surface area contributed by atoms with Gasteiger partial charge >= 0.3 is 0 Å². The van der Waals surface area contributed by atoms with E-state index in [1.165, 1.54) is 16.2 Å². The molecule has 1 aromatic rings. The number of nitrogens with one attached hydrogen (secondary N) is 1. The predicted molar refractivity (Wildman–Crippen MR) is 75.2 cm³/mol. The Morgan fingerprint density at radius 3 is 2.63 bits per heavy atom. The minimum Gasteiger partial charge on any atom is -0.394 e. The fourth-order valence-electron chi connectivity index (χ4n) is 1.43. The Kier molecular flexibility index (Phi) is 5.08. The monoisotopic (exact) mass is 284 g/mol. The molecule has 1 unspecified atom stereocenters. The molecule has 1 rings (SSSR count). The van der Waals surface area contributed by atoms with Gasteiger partial charge in [-0.2, -0.15) is 0 Å². The van der Waals surface area contributed by atoms with E-state index in [9.17, 15) is 14.7 Å². The van der Waals surface area contributed by atoms with Gasteiger partial charge in [-0.15, -0.1) is 11.3 Å². The number of aliphatic hydroxyl groups excluding tert-OH is 1. The zero-order valence-electron chi connectivity index (χ0n) is 11.6. The summed E-state index contributed by atoms with van der Waals surface area (Å²) in [6.45, 7) is 5.02. The molecule has 5 nitrogen and oxygen atoms in total. The third kappa shape index (κ3) is 3.78. The van der Waals surface area contributed by atoms with Crippen molar-refractivity contribution in [3.8, 4) is 0 Å². The van der Waals surface area contributed by atoms with Crippen molar-refractivity contribution in [2.24, 2.45) is 0 Å². The Morgan fingerprint density at radius 2 is 2.16 bits per heavy atom. The first-order valence-electron chi connectivity index (χ1n) is 6.02. The summed E-state index contributed by atoms with van der Waals surface area (Å²) >= 11 is 1.33. The maximum Gasteiger partial charge on any atom is 0.261 e. The van der Waals surface area contributed by atoms with E-state index in [4.69, 9.17) is 0 Å². The highest BCUT2D eigenvalue weighted by molar-refractivity contribution is 7.12. The lowest BCUT2D eigenvalue weighted by Gasteiger charge is -2.35. The summed E-state index contributed by atoms with van der Waals surface area (Å²) in [7, 11) is 1.62. The van der Waals surface area contributed by atoms with E-state index in [2.05, 4.69) is 5.32 Å². The molecule has 106 valence electrons. The third-order valence-corrected chi connectivity index (χ3v) is 3.96. The fourth-order valence-corrected chi connectivity index (χ4v) is 2.06. The summed E-state index contributed by atoms with van der Waals surface area (Å²) in [6.07, 6.45) is 0. The molecule has 0 bridgehead atoms. The van der Waals surface area contributed by atoms with Crippen LogP contribution >= 0.6 is 11.3 Å². The smallest absolute Gasteiger partial charge is 0.261 e. The molecule has 1 heterocycles. The average Bonchev–Trinajstić information content (AvgIpc) is 2.90. The molecule has 19 heavy (non-hydrogen) atoms. The maximum absolute atomic E-state index is 12.2. The van der Waals surface area contributed by atoms with Gasteiger partial charge in [-0.3, -0.25) is 9.59 Å². The van der Waals surface area contributed by atoms with Gasteiger partial charge < -0.3 is 15.3 Å². The van der Waals surface area contributed by atoms with E-state index in [-0.39, 0.29) is 18.4 Å². The Morgan fingerprint density at radius 1 is 1.53 bits per heavy atom. The first-order chi connectivity index (χ1) is 8.79. The number of likely N-dealkylation sites (N-methyl/N-ethyl adjacent to an activating group) is 1. The van der Waals surface area contributed by atoms with Crippen LogP contribution < -0.4 is 5.32 Å². The van der Waals surface area contributed by atoms with Crippen molar-refractivity contribution in [3.05, 3.63) is 22.4 Å². The summed E-state index contributed by atoms with van der Waals surface area (Å²) < 4.78 is 0. The van der Waals surface area contributed by atoms with Crippen molar-refractivity contribution >= 4 is 23.2 Å². The lowest BCUT2D eigenvalue weighted by Crippen LogP contribution is -2.54. The molecule has 0 aliphatic rings. The number of thiophene rings is 1. The van der Waals surface area contributed by atoms with Crippen LogP contribution in [0.2, 0.25) is 0 Å². The van der Waals surface area contributed by atoms with Crippen molar-refractivity contribution in [3.63, 3.8) is 0 Å². The van der Waals surface area contributed by atoms with Crippen molar-refractivity contribution < 1.29 is 14.7 Å². The van der Waals surface area contributed by atoms with E-state index in [0.717, 1.165) is 0 Å². The molecule has 0 radical (unpaired) electrons. The summed E-state index contributed by atoms with van der Waals surface area (Å²) in [5.41, 5.74) is -0.654. The van der Waals surface area contributed by atoms with Crippen LogP contribution in [0.25, 0.3) is 0 Å². The summed E-state index contributed by atoms with van der Waals surface area (Å²) in [6, 6.07) is 2.86. The van der Waals surface area contributed by atoms with Gasteiger partial charge in [0.15, 0.2) is 0 Å². The summed E-state index contributed by atoms with van der Waals surface area (Å²) in [5.74, 6) is -0.491. The highest BCUT2D eigenvalue weighted by atomic mass is 32.1. The van der Waals surface area contributed by atoms with Crippen LogP contribution in [0.4, 0.5) is 0 Å². The largest absolute Gasteiger partial charge is 0.394 e. The predicted octanol–water partition coefficient (Wildman–Crippen LogP) is 1.10. The second-order valence-electron chi connectivity index (χ2n) is 5.04. The van der Waals surface area contributed by atoms with Gasteiger partial charge in [0.1, 0.15) is 6.04 Å². The number of rotatable bonds is 5. The highest BCUT2D eigenvalue weighted by Crippen LogP contribution is 2.13. The van der Waals surface area contributed by atoms with E-state index in [1.54, 1.807) is 40.0 Å². The third-order valence-electron chi connectivity index (χ3n) is 3.09. The molecule has 1 atom stereocenters. The van der Waals surface area contributed by atoms with Gasteiger partial charge in [0.2, 0.25) is 5.91 Å². The number of carbonyl (C=O) groups is 2. The SMILES string of the molecule is CC(NC(=O)c1cccs1)C(=O)N(C)C(C)(C)CO. The van der Waals surface area contributed by atoms with Gasteiger partial charge in [0, 0.05) is 7.05 Å². The molecule has 0 fully saturated rings. The van der Waals surface area contributed by atoms with Gasteiger partial charge in [0.25, 0.3) is 5.91 Å². The van der Waals surface area contributed by atoms with E-state index >= 15 is 0 Å². The van der Waals surface area contributed by atoms with Crippen LogP contribution in [-0.2, 0) is 4.79 Å². The molecule has 0 aliphatic carbocycles. The Balaban J connectivity index is 2.65. The molecule has 0 aromatic carbocycles. The molecule has 0 saturated carbocycles. The lowest BCUT2D eigenvalue weighted by atomic mass is 10.0.